The second kappa shape index (κ2) is 4.16. The highest BCUT2D eigenvalue weighted by Crippen LogP contribution is 2.34. The Balaban J connectivity index is 3.26. The lowest BCUT2D eigenvalue weighted by molar-refractivity contribution is 0.577. The van der Waals surface area contributed by atoms with Gasteiger partial charge in [-0.15, -0.1) is 12.1 Å². The van der Waals surface area contributed by atoms with Gasteiger partial charge in [-0.05, 0) is 5.41 Å². The first-order valence-electron chi connectivity index (χ1n) is 6.07. The van der Waals surface area contributed by atoms with E-state index in [1.807, 2.05) is 6.08 Å². The van der Waals surface area contributed by atoms with Crippen LogP contribution in [0.3, 0.4) is 0 Å². The summed E-state index contributed by atoms with van der Waals surface area (Å²) in [5, 5.41) is 0. The molecule has 0 aliphatic heterocycles. The smallest absolute Gasteiger partial charge is 0.0361 e. The molecule has 0 spiro atoms. The minimum absolute atomic E-state index is 0.224. The summed E-state index contributed by atoms with van der Waals surface area (Å²) in [5.74, 6) is 0. The SMILES string of the molecule is C=CC[c-]1cc(C(C)(C)C)cc1C(C)(C)C. The Morgan fingerprint density at radius 1 is 1.12 bits per heavy atom. The van der Waals surface area contributed by atoms with Crippen molar-refractivity contribution in [1.82, 2.24) is 0 Å². The highest BCUT2D eigenvalue weighted by Gasteiger charge is 2.16. The zero-order chi connectivity index (χ0) is 12.6. The maximum Gasteiger partial charge on any atom is -0.0361 e. The van der Waals surface area contributed by atoms with Gasteiger partial charge in [0, 0.05) is 0 Å². The van der Waals surface area contributed by atoms with Crippen LogP contribution in [-0.4, -0.2) is 0 Å². The normalized spacial score (nSPS) is 12.9. The van der Waals surface area contributed by atoms with Crippen LogP contribution in [0.25, 0.3) is 0 Å². The van der Waals surface area contributed by atoms with E-state index in [1.54, 1.807) is 0 Å². The van der Waals surface area contributed by atoms with Gasteiger partial charge >= 0.3 is 0 Å². The number of hydrogen-bond donors (Lipinski definition) is 0. The van der Waals surface area contributed by atoms with Gasteiger partial charge in [0.25, 0.3) is 0 Å². The maximum atomic E-state index is 3.85. The van der Waals surface area contributed by atoms with Crippen LogP contribution in [0.2, 0.25) is 0 Å². The van der Waals surface area contributed by atoms with Crippen LogP contribution in [0.5, 0.6) is 0 Å². The lowest BCUT2D eigenvalue weighted by Crippen LogP contribution is -2.13. The minimum Gasteiger partial charge on any atom is -0.206 e. The monoisotopic (exact) mass is 217 g/mol. The molecule has 0 amide bonds. The molecule has 0 radical (unpaired) electrons. The topological polar surface area (TPSA) is 0 Å². The molecule has 0 aliphatic rings. The van der Waals surface area contributed by atoms with Gasteiger partial charge in [-0.25, -0.2) is 6.07 Å². The first-order chi connectivity index (χ1) is 7.16. The molecular weight excluding hydrogens is 192 g/mol. The Kier molecular flexibility index (Phi) is 3.42. The molecule has 0 aromatic heterocycles. The largest absolute Gasteiger partial charge is 0.206 e. The minimum atomic E-state index is 0.224. The Bertz CT molecular complexity index is 364. The van der Waals surface area contributed by atoms with Crippen LogP contribution in [0.1, 0.15) is 58.2 Å². The van der Waals surface area contributed by atoms with Crippen molar-refractivity contribution in [2.75, 3.05) is 0 Å². The van der Waals surface area contributed by atoms with E-state index >= 15 is 0 Å². The van der Waals surface area contributed by atoms with Crippen molar-refractivity contribution in [2.45, 2.75) is 58.8 Å². The third-order valence-corrected chi connectivity index (χ3v) is 3.01. The highest BCUT2D eigenvalue weighted by molar-refractivity contribution is 5.43. The van der Waals surface area contributed by atoms with E-state index in [0.717, 1.165) is 6.42 Å². The highest BCUT2D eigenvalue weighted by atomic mass is 14.3. The van der Waals surface area contributed by atoms with Crippen LogP contribution >= 0.6 is 0 Å². The fraction of sp³-hybridized carbons (Fsp3) is 0.562. The summed E-state index contributed by atoms with van der Waals surface area (Å²) in [7, 11) is 0. The van der Waals surface area contributed by atoms with Crippen LogP contribution in [-0.2, 0) is 17.3 Å². The zero-order valence-corrected chi connectivity index (χ0v) is 11.6. The molecule has 0 fully saturated rings. The third-order valence-electron chi connectivity index (χ3n) is 3.01. The molecule has 16 heavy (non-hydrogen) atoms. The molecular formula is C16H25-. The molecule has 0 heterocycles. The predicted molar refractivity (Wildman–Crippen MR) is 73.3 cm³/mol. The average molecular weight is 217 g/mol. The van der Waals surface area contributed by atoms with Crippen molar-refractivity contribution >= 4 is 0 Å². The van der Waals surface area contributed by atoms with Crippen molar-refractivity contribution in [1.29, 1.82) is 0 Å². The molecule has 90 valence electrons. The molecule has 0 aliphatic carbocycles. The molecule has 0 bridgehead atoms. The summed E-state index contributed by atoms with van der Waals surface area (Å²) < 4.78 is 0. The summed E-state index contributed by atoms with van der Waals surface area (Å²) in [5.41, 5.74) is 4.81. The first-order valence-corrected chi connectivity index (χ1v) is 6.07. The van der Waals surface area contributed by atoms with Crippen LogP contribution in [0.4, 0.5) is 0 Å². The summed E-state index contributed by atoms with van der Waals surface area (Å²) in [6.45, 7) is 17.5. The second-order valence-corrected chi connectivity index (χ2v) is 6.68. The lowest BCUT2D eigenvalue weighted by atomic mass is 9.84. The lowest BCUT2D eigenvalue weighted by Gasteiger charge is -2.26. The van der Waals surface area contributed by atoms with Gasteiger partial charge in [0.15, 0.2) is 0 Å². The summed E-state index contributed by atoms with van der Waals surface area (Å²) in [4.78, 5) is 0. The Morgan fingerprint density at radius 3 is 2.06 bits per heavy atom. The van der Waals surface area contributed by atoms with Crippen LogP contribution in [0, 0.1) is 0 Å². The molecule has 0 N–H and O–H groups in total. The second-order valence-electron chi connectivity index (χ2n) is 6.68. The van der Waals surface area contributed by atoms with Gasteiger partial charge < -0.3 is 0 Å². The predicted octanol–water partition coefficient (Wildman–Crippen LogP) is 4.73. The van der Waals surface area contributed by atoms with E-state index < -0.39 is 0 Å². The van der Waals surface area contributed by atoms with Crippen LogP contribution in [0.15, 0.2) is 24.8 Å². The van der Waals surface area contributed by atoms with Crippen molar-refractivity contribution < 1.29 is 0 Å². The van der Waals surface area contributed by atoms with E-state index in [9.17, 15) is 0 Å². The molecule has 0 unspecified atom stereocenters. The zero-order valence-electron chi connectivity index (χ0n) is 11.6. The first kappa shape index (κ1) is 13.2. The summed E-state index contributed by atoms with van der Waals surface area (Å²) >= 11 is 0. The quantitative estimate of drug-likeness (QED) is 0.496. The molecule has 0 nitrogen and oxygen atoms in total. The molecule has 0 saturated heterocycles. The number of hydrogen-bond acceptors (Lipinski definition) is 0. The summed E-state index contributed by atoms with van der Waals surface area (Å²) in [6, 6.07) is 4.72. The van der Waals surface area contributed by atoms with Gasteiger partial charge in [-0.3, -0.25) is 0 Å². The Morgan fingerprint density at radius 2 is 1.69 bits per heavy atom. The van der Waals surface area contributed by atoms with Gasteiger partial charge in [0.05, 0.1) is 0 Å². The summed E-state index contributed by atoms with van der Waals surface area (Å²) in [6.07, 6.45) is 2.97. The van der Waals surface area contributed by atoms with Gasteiger partial charge in [0.1, 0.15) is 0 Å². The van der Waals surface area contributed by atoms with E-state index in [0.29, 0.717) is 0 Å². The fourth-order valence-corrected chi connectivity index (χ4v) is 2.01. The number of rotatable bonds is 2. The van der Waals surface area contributed by atoms with Gasteiger partial charge in [-0.1, -0.05) is 59.5 Å². The molecule has 0 heteroatoms. The molecule has 0 atom stereocenters. The number of allylic oxidation sites excluding steroid dienone is 1. The van der Waals surface area contributed by atoms with Gasteiger partial charge in [0.2, 0.25) is 0 Å². The van der Waals surface area contributed by atoms with Gasteiger partial charge in [-0.2, -0.15) is 17.2 Å². The third kappa shape index (κ3) is 2.81. The standard InChI is InChI=1S/C16H25/c1-8-9-12-10-13(15(2,3)4)11-14(12)16(5,6)7/h8,10-11H,1,9H2,2-7H3/q-1. The van der Waals surface area contributed by atoms with Crippen molar-refractivity contribution in [3.05, 3.63) is 41.5 Å². The van der Waals surface area contributed by atoms with Crippen molar-refractivity contribution in [3.8, 4) is 0 Å². The van der Waals surface area contributed by atoms with E-state index in [2.05, 4.69) is 60.3 Å². The maximum absolute atomic E-state index is 3.85. The van der Waals surface area contributed by atoms with E-state index in [1.165, 1.54) is 16.7 Å². The molecule has 1 aromatic carbocycles. The van der Waals surface area contributed by atoms with E-state index in [4.69, 9.17) is 0 Å². The Hall–Kier alpha value is -0.910. The Labute approximate surface area is 101 Å². The van der Waals surface area contributed by atoms with Crippen molar-refractivity contribution in [2.24, 2.45) is 0 Å². The molecule has 1 aromatic rings. The molecule has 0 saturated carbocycles. The van der Waals surface area contributed by atoms with Crippen LogP contribution < -0.4 is 0 Å². The molecule has 1 rings (SSSR count). The fourth-order valence-electron chi connectivity index (χ4n) is 2.01. The van der Waals surface area contributed by atoms with Crippen molar-refractivity contribution in [3.63, 3.8) is 0 Å². The average Bonchev–Trinajstić information content (AvgIpc) is 2.46. The van der Waals surface area contributed by atoms with E-state index in [-0.39, 0.29) is 10.8 Å².